The van der Waals surface area contributed by atoms with Gasteiger partial charge in [0.15, 0.2) is 11.6 Å². The molecule has 0 amide bonds. The molecule has 4 aromatic rings. The normalized spacial score (nSPS) is 23.4. The summed E-state index contributed by atoms with van der Waals surface area (Å²) in [6, 6.07) is 2.64. The van der Waals surface area contributed by atoms with Gasteiger partial charge in [-0.2, -0.15) is 15.2 Å². The fourth-order valence-electron chi connectivity index (χ4n) is 8.18. The second-order valence-electron chi connectivity index (χ2n) is 13.8. The highest BCUT2D eigenvalue weighted by molar-refractivity contribution is 7.23. The Labute approximate surface area is 280 Å². The maximum atomic E-state index is 17.4. The number of benzene rings is 1. The van der Waals surface area contributed by atoms with Gasteiger partial charge in [0.05, 0.1) is 54.0 Å². The van der Waals surface area contributed by atoms with Gasteiger partial charge in [-0.15, -0.1) is 11.3 Å². The molecular weight excluding hydrogens is 638 g/mol. The molecule has 14 heteroatoms. The van der Waals surface area contributed by atoms with Crippen LogP contribution in [-0.4, -0.2) is 84.5 Å². The zero-order valence-electron chi connectivity index (χ0n) is 26.5. The fourth-order valence-corrected chi connectivity index (χ4v) is 9.10. The molecule has 0 spiro atoms. The van der Waals surface area contributed by atoms with Gasteiger partial charge < -0.3 is 35.1 Å². The second-order valence-corrected chi connectivity index (χ2v) is 14.8. The Hall–Kier alpha value is -3.74. The van der Waals surface area contributed by atoms with Crippen molar-refractivity contribution < 1.29 is 23.0 Å². The summed E-state index contributed by atoms with van der Waals surface area (Å²) in [7, 11) is 0. The van der Waals surface area contributed by atoms with Gasteiger partial charge in [-0.25, -0.2) is 8.78 Å². The van der Waals surface area contributed by atoms with E-state index in [1.807, 2.05) is 0 Å². The van der Waals surface area contributed by atoms with Gasteiger partial charge in [-0.3, -0.25) is 4.98 Å². The Kier molecular flexibility index (Phi) is 7.39. The number of nitrogens with two attached hydrogens (primary N) is 1. The zero-order valence-corrected chi connectivity index (χ0v) is 27.3. The van der Waals surface area contributed by atoms with Gasteiger partial charge in [-0.1, -0.05) is 0 Å². The van der Waals surface area contributed by atoms with E-state index < -0.39 is 11.6 Å². The lowest BCUT2D eigenvalue weighted by Gasteiger charge is -2.37. The molecule has 0 radical (unpaired) electrons. The SMILES string of the molecule is N#Cc1c(N)sc2c(F)cnc(-c3c4c(c5c(N6C7CCC6CNC7)nc(OCC6(CN7CCCOCC7)CC6)nc5c3F)COC4)c12. The number of pyridine rings is 1. The third-order valence-electron chi connectivity index (χ3n) is 10.8. The van der Waals surface area contributed by atoms with Crippen molar-refractivity contribution in [1.29, 1.82) is 5.26 Å². The van der Waals surface area contributed by atoms with E-state index in [1.54, 1.807) is 0 Å². The van der Waals surface area contributed by atoms with E-state index in [1.165, 1.54) is 0 Å². The number of nitriles is 1. The number of nitrogens with one attached hydrogen (secondary N) is 1. The number of aromatic nitrogens is 3. The van der Waals surface area contributed by atoms with Crippen molar-refractivity contribution in [3.8, 4) is 23.3 Å². The van der Waals surface area contributed by atoms with Crippen molar-refractivity contribution in [2.45, 2.75) is 57.4 Å². The lowest BCUT2D eigenvalue weighted by atomic mass is 9.93. The topological polar surface area (TPSA) is 135 Å². The van der Waals surface area contributed by atoms with Gasteiger partial charge in [0, 0.05) is 67.8 Å². The third kappa shape index (κ3) is 4.89. The third-order valence-corrected chi connectivity index (χ3v) is 11.8. The van der Waals surface area contributed by atoms with E-state index in [0.29, 0.717) is 23.4 Å². The molecule has 48 heavy (non-hydrogen) atoms. The summed E-state index contributed by atoms with van der Waals surface area (Å²) < 4.78 is 50.6. The van der Waals surface area contributed by atoms with Crippen LogP contribution in [0.2, 0.25) is 0 Å². The van der Waals surface area contributed by atoms with Crippen LogP contribution in [0.15, 0.2) is 6.20 Å². The van der Waals surface area contributed by atoms with E-state index >= 15 is 4.39 Å². The van der Waals surface area contributed by atoms with Crippen LogP contribution in [0.25, 0.3) is 32.2 Å². The number of nitrogens with zero attached hydrogens (tertiary/aromatic N) is 6. The highest BCUT2D eigenvalue weighted by Gasteiger charge is 2.46. The number of halogens is 2. The lowest BCUT2D eigenvalue weighted by molar-refractivity contribution is 0.127. The summed E-state index contributed by atoms with van der Waals surface area (Å²) in [5.41, 5.74) is 8.03. The molecule has 3 aromatic heterocycles. The molecule has 1 saturated carbocycles. The molecule has 5 aliphatic rings. The Bertz CT molecular complexity index is 1970. The van der Waals surface area contributed by atoms with Crippen LogP contribution >= 0.6 is 11.3 Å². The monoisotopic (exact) mass is 674 g/mol. The smallest absolute Gasteiger partial charge is 0.319 e. The summed E-state index contributed by atoms with van der Waals surface area (Å²) in [4.78, 5) is 19.0. The standard InChI is InChI=1S/C34H36F2N8O3S/c35-23-13-40-28(25-20(10-37)31(38)48-30(23)25)24-21-14-46-15-22(21)26-29(27(24)36)41-33(42-32(26)44-18-2-3-19(44)12-39-11-18)47-17-34(4-5-34)16-43-6-1-8-45-9-7-43/h13,18-19,39H,1-9,11-12,14-17,38H2. The molecule has 1 aliphatic carbocycles. The van der Waals surface area contributed by atoms with Gasteiger partial charge in [0.1, 0.15) is 22.4 Å². The van der Waals surface area contributed by atoms with Crippen LogP contribution in [0.5, 0.6) is 6.01 Å². The van der Waals surface area contributed by atoms with Crippen molar-refractivity contribution in [3.05, 3.63) is 34.5 Å². The summed E-state index contributed by atoms with van der Waals surface area (Å²) in [5.74, 6) is -0.567. The number of ether oxygens (including phenoxy) is 3. The van der Waals surface area contributed by atoms with E-state index in [9.17, 15) is 9.65 Å². The first-order valence-corrected chi connectivity index (χ1v) is 17.6. The summed E-state index contributed by atoms with van der Waals surface area (Å²) in [6.07, 6.45) is 6.19. The predicted octanol–water partition coefficient (Wildman–Crippen LogP) is 4.49. The number of piperazine rings is 1. The van der Waals surface area contributed by atoms with Gasteiger partial charge >= 0.3 is 6.01 Å². The van der Waals surface area contributed by atoms with Crippen molar-refractivity contribution in [2.75, 3.05) is 63.2 Å². The largest absolute Gasteiger partial charge is 0.463 e. The molecule has 3 N–H and O–H groups in total. The van der Waals surface area contributed by atoms with Crippen LogP contribution in [0, 0.1) is 28.4 Å². The number of fused-ring (bicyclic) bond motifs is 6. The van der Waals surface area contributed by atoms with Gasteiger partial charge in [-0.05, 0) is 43.2 Å². The number of hydrogen-bond donors (Lipinski definition) is 2. The highest BCUT2D eigenvalue weighted by atomic mass is 32.1. The Morgan fingerprint density at radius 1 is 1.08 bits per heavy atom. The second kappa shape index (κ2) is 11.7. The van der Waals surface area contributed by atoms with Crippen LogP contribution in [-0.2, 0) is 22.7 Å². The predicted molar refractivity (Wildman–Crippen MR) is 177 cm³/mol. The minimum atomic E-state index is -0.620. The van der Waals surface area contributed by atoms with E-state index in [-0.39, 0.29) is 74.1 Å². The number of thiophene rings is 1. The van der Waals surface area contributed by atoms with Crippen molar-refractivity contribution in [1.82, 2.24) is 25.2 Å². The minimum Gasteiger partial charge on any atom is -0.463 e. The maximum absolute atomic E-state index is 17.4. The van der Waals surface area contributed by atoms with Crippen molar-refractivity contribution >= 4 is 43.1 Å². The molecule has 4 aliphatic heterocycles. The van der Waals surface area contributed by atoms with Crippen LogP contribution in [0.1, 0.15) is 48.8 Å². The number of anilines is 2. The number of nitrogen functional groups attached to an aromatic ring is 1. The van der Waals surface area contributed by atoms with E-state index in [4.69, 9.17) is 29.9 Å². The molecule has 3 saturated heterocycles. The average Bonchev–Trinajstić information content (AvgIpc) is 3.54. The molecule has 7 heterocycles. The van der Waals surface area contributed by atoms with Crippen LogP contribution < -0.4 is 20.7 Å². The molecule has 1 aromatic carbocycles. The fraction of sp³-hybridized carbons (Fsp3) is 0.529. The molecule has 4 fully saturated rings. The summed E-state index contributed by atoms with van der Waals surface area (Å²) in [5, 5.41) is 14.5. The number of hydrogen-bond acceptors (Lipinski definition) is 12. The van der Waals surface area contributed by atoms with E-state index in [0.717, 1.165) is 101 Å². The van der Waals surface area contributed by atoms with Gasteiger partial charge in [0.25, 0.3) is 0 Å². The first-order chi connectivity index (χ1) is 23.4. The van der Waals surface area contributed by atoms with Crippen LogP contribution in [0.4, 0.5) is 19.6 Å². The number of rotatable bonds is 7. The van der Waals surface area contributed by atoms with Crippen molar-refractivity contribution in [2.24, 2.45) is 5.41 Å². The highest BCUT2D eigenvalue weighted by Crippen LogP contribution is 2.49. The molecule has 250 valence electrons. The molecule has 2 bridgehead atoms. The van der Waals surface area contributed by atoms with Crippen LogP contribution in [0.3, 0.4) is 0 Å². The molecule has 9 rings (SSSR count). The molecule has 11 nitrogen and oxygen atoms in total. The first-order valence-electron chi connectivity index (χ1n) is 16.8. The summed E-state index contributed by atoms with van der Waals surface area (Å²) >= 11 is 0.959. The van der Waals surface area contributed by atoms with Gasteiger partial charge in [0.2, 0.25) is 0 Å². The lowest BCUT2D eigenvalue weighted by Crippen LogP contribution is -2.52. The molecule has 2 unspecified atom stereocenters. The molecular formula is C34H36F2N8O3S. The maximum Gasteiger partial charge on any atom is 0.319 e. The Morgan fingerprint density at radius 3 is 2.69 bits per heavy atom. The van der Waals surface area contributed by atoms with Crippen molar-refractivity contribution in [3.63, 3.8) is 0 Å². The average molecular weight is 675 g/mol. The summed E-state index contributed by atoms with van der Waals surface area (Å²) in [6.45, 7) is 6.78. The quantitative estimate of drug-likeness (QED) is 0.287. The first kappa shape index (κ1) is 30.3. The molecule has 2 atom stereocenters. The minimum absolute atomic E-state index is 0.00257. The van der Waals surface area contributed by atoms with E-state index in [2.05, 4.69) is 26.2 Å². The Balaban J connectivity index is 1.20. The Morgan fingerprint density at radius 2 is 1.90 bits per heavy atom. The zero-order chi connectivity index (χ0) is 32.6.